The van der Waals surface area contributed by atoms with Crippen molar-refractivity contribution in [2.45, 2.75) is 19.8 Å². The Bertz CT molecular complexity index is 331. The van der Waals surface area contributed by atoms with Crippen LogP contribution in [0, 0.1) is 5.92 Å². The van der Waals surface area contributed by atoms with Crippen molar-refractivity contribution < 1.29 is 14.3 Å². The van der Waals surface area contributed by atoms with E-state index in [-0.39, 0.29) is 11.9 Å². The van der Waals surface area contributed by atoms with Crippen molar-refractivity contribution in [3.8, 4) is 0 Å². The number of rotatable bonds is 2. The van der Waals surface area contributed by atoms with Crippen molar-refractivity contribution in [2.75, 3.05) is 6.61 Å². The number of hydrogen-bond donors (Lipinski definition) is 0. The molecule has 0 aliphatic heterocycles. The molecule has 9 nitrogen and oxygen atoms in total. The largest absolute Gasteiger partial charge is 0.466 e. The molecule has 0 atom stereocenters. The van der Waals surface area contributed by atoms with E-state index in [4.69, 9.17) is 15.8 Å². The second-order valence-corrected chi connectivity index (χ2v) is 2.69. The zero-order valence-electron chi connectivity index (χ0n) is 8.61. The number of esters is 1. The third-order valence-corrected chi connectivity index (χ3v) is 1.46. The quantitative estimate of drug-likeness (QED) is 0.309. The summed E-state index contributed by atoms with van der Waals surface area (Å²) < 4.78 is 4.73. The van der Waals surface area contributed by atoms with Crippen molar-refractivity contribution in [1.29, 1.82) is 0 Å². The number of urea groups is 1. The fourth-order valence-corrected chi connectivity index (χ4v) is 0.676. The summed E-state index contributed by atoms with van der Waals surface area (Å²) in [5, 5.41) is 4.87. The van der Waals surface area contributed by atoms with E-state index in [2.05, 4.69) is 20.1 Å². The summed E-state index contributed by atoms with van der Waals surface area (Å²) in [6.07, 6.45) is 2.08. The third kappa shape index (κ3) is 7.19. The highest BCUT2D eigenvalue weighted by Crippen LogP contribution is 2.29. The Kier molecular flexibility index (Phi) is 6.97. The standard InChI is InChI=1S/C6H10O2.CN6O/c1-2-8-6(7)5-3-4-5;2-6-4-1(8)5-7-3/h5H,2-4H2,1H3;. The Labute approximate surface area is 90.6 Å². The van der Waals surface area contributed by atoms with E-state index in [0.717, 1.165) is 12.8 Å². The number of carbonyl (C=O) groups excluding carboxylic acids is 2. The van der Waals surface area contributed by atoms with Gasteiger partial charge in [-0.25, -0.2) is 0 Å². The fourth-order valence-electron chi connectivity index (χ4n) is 0.676. The monoisotopic (exact) mass is 226 g/mol. The molecule has 1 saturated carbocycles. The highest BCUT2D eigenvalue weighted by atomic mass is 16.5. The van der Waals surface area contributed by atoms with Gasteiger partial charge in [0.1, 0.15) is 0 Å². The lowest BCUT2D eigenvalue weighted by atomic mass is 10.4. The third-order valence-electron chi connectivity index (χ3n) is 1.46. The van der Waals surface area contributed by atoms with Crippen LogP contribution >= 0.6 is 0 Å². The van der Waals surface area contributed by atoms with Gasteiger partial charge in [0.15, 0.2) is 0 Å². The van der Waals surface area contributed by atoms with Gasteiger partial charge in [-0.15, -0.1) is 0 Å². The molecule has 2 amide bonds. The predicted octanol–water partition coefficient (Wildman–Crippen LogP) is 2.69. The molecule has 0 bridgehead atoms. The molecule has 16 heavy (non-hydrogen) atoms. The van der Waals surface area contributed by atoms with Gasteiger partial charge < -0.3 is 4.74 Å². The summed E-state index contributed by atoms with van der Waals surface area (Å²) in [7, 11) is 0. The Morgan fingerprint density at radius 1 is 1.31 bits per heavy atom. The molecule has 0 radical (unpaired) electrons. The first-order valence-corrected chi connectivity index (χ1v) is 4.46. The van der Waals surface area contributed by atoms with Crippen LogP contribution in [0.5, 0.6) is 0 Å². The minimum absolute atomic E-state index is 0.00694. The van der Waals surface area contributed by atoms with Gasteiger partial charge >= 0.3 is 12.0 Å². The first kappa shape index (κ1) is 13.8. The molecule has 0 aromatic carbocycles. The number of azide groups is 1. The highest BCUT2D eigenvalue weighted by molar-refractivity contribution is 5.75. The number of ether oxygens (including phenoxy) is 1. The summed E-state index contributed by atoms with van der Waals surface area (Å²) in [4.78, 5) is 24.5. The number of hydrogen-bond acceptors (Lipinski definition) is 3. The van der Waals surface area contributed by atoms with Crippen LogP contribution in [-0.2, 0) is 9.53 Å². The summed E-state index contributed by atoms with van der Waals surface area (Å²) in [5.74, 6) is 0.252. The average Bonchev–Trinajstić information content (AvgIpc) is 3.03. The lowest BCUT2D eigenvalue weighted by Gasteiger charge is -1.95. The topological polar surface area (TPSA) is 141 Å². The molecular weight excluding hydrogens is 216 g/mol. The second kappa shape index (κ2) is 8.10. The smallest absolute Gasteiger partial charge is 0.308 e. The highest BCUT2D eigenvalue weighted by Gasteiger charge is 2.30. The van der Waals surface area contributed by atoms with E-state index in [0.29, 0.717) is 6.61 Å². The van der Waals surface area contributed by atoms with Crippen LogP contribution < -0.4 is 0 Å². The molecule has 0 aromatic heterocycles. The minimum atomic E-state index is -1.17. The zero-order chi connectivity index (χ0) is 12.4. The predicted molar refractivity (Wildman–Crippen MR) is 53.0 cm³/mol. The summed E-state index contributed by atoms with van der Waals surface area (Å²) in [5.41, 5.74) is 15.0. The molecular formula is C7H10N6O3. The van der Waals surface area contributed by atoms with Gasteiger partial charge in [0.25, 0.3) is 0 Å². The van der Waals surface area contributed by atoms with Crippen LogP contribution in [0.15, 0.2) is 10.2 Å². The lowest BCUT2D eigenvalue weighted by molar-refractivity contribution is -0.144. The summed E-state index contributed by atoms with van der Waals surface area (Å²) in [6.45, 7) is 2.36. The van der Waals surface area contributed by atoms with Crippen LogP contribution in [0.25, 0.3) is 20.9 Å². The molecule has 0 unspecified atom stereocenters. The molecule has 1 fully saturated rings. The van der Waals surface area contributed by atoms with Crippen LogP contribution in [0.4, 0.5) is 4.79 Å². The number of amides is 2. The maximum atomic E-state index is 10.6. The SMILES string of the molecule is CCOC(=O)C1CC1.[N-]=[N+]=NC(=O)N=[N+]=[N-]. The van der Waals surface area contributed by atoms with Crippen molar-refractivity contribution in [3.63, 3.8) is 0 Å². The van der Waals surface area contributed by atoms with Crippen LogP contribution in [0.1, 0.15) is 19.8 Å². The fraction of sp³-hybridized carbons (Fsp3) is 0.714. The Hall–Kier alpha value is -2.24. The molecule has 0 saturated heterocycles. The Balaban J connectivity index is 0.000000281. The molecule has 0 spiro atoms. The van der Waals surface area contributed by atoms with Crippen molar-refractivity contribution >= 4 is 12.0 Å². The first-order chi connectivity index (χ1) is 7.65. The molecule has 9 heteroatoms. The van der Waals surface area contributed by atoms with E-state index in [1.54, 1.807) is 0 Å². The Morgan fingerprint density at radius 3 is 2.12 bits per heavy atom. The van der Waals surface area contributed by atoms with E-state index in [9.17, 15) is 9.59 Å². The Morgan fingerprint density at radius 2 is 1.81 bits per heavy atom. The van der Waals surface area contributed by atoms with E-state index < -0.39 is 6.03 Å². The molecule has 0 N–H and O–H groups in total. The van der Waals surface area contributed by atoms with Crippen LogP contribution in [-0.4, -0.2) is 18.6 Å². The maximum absolute atomic E-state index is 10.6. The average molecular weight is 226 g/mol. The van der Waals surface area contributed by atoms with Crippen molar-refractivity contribution in [2.24, 2.45) is 16.1 Å². The van der Waals surface area contributed by atoms with Gasteiger partial charge in [0.2, 0.25) is 0 Å². The molecule has 86 valence electrons. The van der Waals surface area contributed by atoms with E-state index in [1.807, 2.05) is 6.92 Å². The lowest BCUT2D eigenvalue weighted by Crippen LogP contribution is -2.04. The van der Waals surface area contributed by atoms with Gasteiger partial charge in [-0.2, -0.15) is 0 Å². The van der Waals surface area contributed by atoms with E-state index in [1.165, 1.54) is 0 Å². The summed E-state index contributed by atoms with van der Waals surface area (Å²) >= 11 is 0. The normalized spacial score (nSPS) is 12.1. The summed E-state index contributed by atoms with van der Waals surface area (Å²) in [6, 6.07) is -1.17. The van der Waals surface area contributed by atoms with Crippen molar-refractivity contribution in [1.82, 2.24) is 0 Å². The van der Waals surface area contributed by atoms with Crippen molar-refractivity contribution in [3.05, 3.63) is 20.9 Å². The number of nitrogens with zero attached hydrogens (tertiary/aromatic N) is 6. The van der Waals surface area contributed by atoms with E-state index >= 15 is 0 Å². The van der Waals surface area contributed by atoms with Gasteiger partial charge in [-0.1, -0.05) is 0 Å². The zero-order valence-corrected chi connectivity index (χ0v) is 8.61. The minimum Gasteiger partial charge on any atom is -0.466 e. The molecule has 0 heterocycles. The number of carbonyl (C=O) groups is 2. The first-order valence-electron chi connectivity index (χ1n) is 4.46. The maximum Gasteiger partial charge on any atom is 0.308 e. The van der Waals surface area contributed by atoms with Gasteiger partial charge in [-0.3, -0.25) is 9.59 Å². The molecule has 0 aromatic rings. The van der Waals surface area contributed by atoms with Gasteiger partial charge in [0, 0.05) is 9.82 Å². The van der Waals surface area contributed by atoms with Crippen LogP contribution in [0.2, 0.25) is 0 Å². The second-order valence-electron chi connectivity index (χ2n) is 2.69. The molecule has 1 aliphatic rings. The van der Waals surface area contributed by atoms with Gasteiger partial charge in [-0.05, 0) is 41.1 Å². The van der Waals surface area contributed by atoms with Gasteiger partial charge in [0.05, 0.1) is 12.5 Å². The molecule has 1 rings (SSSR count). The van der Waals surface area contributed by atoms with Crippen LogP contribution in [0.3, 0.4) is 0 Å². The molecule has 1 aliphatic carbocycles.